The minimum absolute atomic E-state index is 0.0703. The molecular weight excluding hydrogens is 392 g/mol. The van der Waals surface area contributed by atoms with E-state index in [1.807, 2.05) is 39.0 Å². The molecule has 29 heavy (non-hydrogen) atoms. The van der Waals surface area contributed by atoms with Crippen LogP contribution in [0.3, 0.4) is 0 Å². The average molecular weight is 415 g/mol. The molecule has 3 rings (SSSR count). The second-order valence-electron chi connectivity index (χ2n) is 7.37. The van der Waals surface area contributed by atoms with Gasteiger partial charge in [-0.2, -0.15) is 0 Å². The third-order valence-corrected chi connectivity index (χ3v) is 5.03. The summed E-state index contributed by atoms with van der Waals surface area (Å²) >= 11 is 5.94. The summed E-state index contributed by atoms with van der Waals surface area (Å²) in [4.78, 5) is 38.5. The van der Waals surface area contributed by atoms with Crippen LogP contribution in [0.4, 0.5) is 11.4 Å². The Morgan fingerprint density at radius 2 is 1.83 bits per heavy atom. The van der Waals surface area contributed by atoms with Crippen molar-refractivity contribution in [2.24, 2.45) is 5.92 Å². The van der Waals surface area contributed by atoms with E-state index >= 15 is 0 Å². The molecule has 0 spiro atoms. The largest absolute Gasteiger partial charge is 0.455 e. The Balaban J connectivity index is 1.56. The molecule has 1 fully saturated rings. The number of benzene rings is 2. The molecule has 0 unspecified atom stereocenters. The first-order valence-corrected chi connectivity index (χ1v) is 9.72. The summed E-state index contributed by atoms with van der Waals surface area (Å²) in [5, 5.41) is 3.17. The van der Waals surface area contributed by atoms with Crippen molar-refractivity contribution in [1.29, 1.82) is 0 Å². The minimum Gasteiger partial charge on any atom is -0.455 e. The Labute approximate surface area is 174 Å². The van der Waals surface area contributed by atoms with Gasteiger partial charge >= 0.3 is 5.97 Å². The van der Waals surface area contributed by atoms with Gasteiger partial charge in [0.25, 0.3) is 5.91 Å². The summed E-state index contributed by atoms with van der Waals surface area (Å²) in [6.07, 6.45) is 0.0703. The maximum Gasteiger partial charge on any atom is 0.311 e. The van der Waals surface area contributed by atoms with Crippen molar-refractivity contribution in [2.75, 3.05) is 23.4 Å². The summed E-state index contributed by atoms with van der Waals surface area (Å²) in [6, 6.07) is 11.0. The van der Waals surface area contributed by atoms with Gasteiger partial charge in [-0.25, -0.2) is 0 Å². The van der Waals surface area contributed by atoms with Crippen LogP contribution in [0.25, 0.3) is 0 Å². The van der Waals surface area contributed by atoms with Gasteiger partial charge < -0.3 is 15.0 Å². The van der Waals surface area contributed by atoms with Crippen LogP contribution in [-0.4, -0.2) is 30.9 Å². The van der Waals surface area contributed by atoms with E-state index in [2.05, 4.69) is 5.32 Å². The zero-order chi connectivity index (χ0) is 21.1. The van der Waals surface area contributed by atoms with Crippen molar-refractivity contribution in [1.82, 2.24) is 0 Å². The molecule has 1 saturated heterocycles. The van der Waals surface area contributed by atoms with Crippen molar-refractivity contribution >= 4 is 40.8 Å². The van der Waals surface area contributed by atoms with Crippen LogP contribution in [0.1, 0.15) is 23.1 Å². The molecule has 152 valence electrons. The van der Waals surface area contributed by atoms with Gasteiger partial charge in [-0.05, 0) is 61.7 Å². The molecule has 7 heteroatoms. The van der Waals surface area contributed by atoms with Crippen LogP contribution in [0.2, 0.25) is 5.02 Å². The van der Waals surface area contributed by atoms with Gasteiger partial charge in [0, 0.05) is 29.4 Å². The number of halogens is 1. The van der Waals surface area contributed by atoms with E-state index in [1.165, 1.54) is 0 Å². The molecule has 1 atom stereocenters. The number of ether oxygens (including phenoxy) is 1. The fourth-order valence-corrected chi connectivity index (χ4v) is 3.56. The molecule has 2 aromatic carbocycles. The van der Waals surface area contributed by atoms with Gasteiger partial charge in [-0.1, -0.05) is 23.7 Å². The second-order valence-corrected chi connectivity index (χ2v) is 7.80. The number of nitrogens with zero attached hydrogens (tertiary/aromatic N) is 1. The lowest BCUT2D eigenvalue weighted by molar-refractivity contribution is -0.151. The van der Waals surface area contributed by atoms with E-state index in [-0.39, 0.29) is 18.9 Å². The number of carbonyl (C=O) groups is 3. The number of hydrogen-bond donors (Lipinski definition) is 1. The van der Waals surface area contributed by atoms with Crippen LogP contribution in [0.15, 0.2) is 36.4 Å². The van der Waals surface area contributed by atoms with Gasteiger partial charge in [0.2, 0.25) is 5.91 Å². The molecule has 1 aliphatic heterocycles. The van der Waals surface area contributed by atoms with Crippen molar-refractivity contribution in [2.45, 2.75) is 27.2 Å². The first kappa shape index (κ1) is 20.9. The van der Waals surface area contributed by atoms with Crippen LogP contribution >= 0.6 is 11.6 Å². The fourth-order valence-electron chi connectivity index (χ4n) is 3.39. The van der Waals surface area contributed by atoms with Gasteiger partial charge in [-0.3, -0.25) is 14.4 Å². The number of carbonyl (C=O) groups excluding carboxylic acids is 3. The molecule has 1 aliphatic rings. The molecule has 0 radical (unpaired) electrons. The smallest absolute Gasteiger partial charge is 0.311 e. The molecule has 0 saturated carbocycles. The standard InChI is InChI=1S/C22H23ClN2O4/c1-13-6-14(2)8-18(7-13)25-11-16(9-21(25)27)22(28)29-12-20(26)24-19-10-17(23)5-4-15(19)3/h4-8,10,16H,9,11-12H2,1-3H3,(H,24,26)/t16-/m1/s1. The summed E-state index contributed by atoms with van der Waals surface area (Å²) in [5.74, 6) is -1.73. The normalized spacial score (nSPS) is 16.1. The van der Waals surface area contributed by atoms with E-state index in [0.717, 1.165) is 22.4 Å². The first-order valence-electron chi connectivity index (χ1n) is 9.34. The quantitative estimate of drug-likeness (QED) is 0.755. The topological polar surface area (TPSA) is 75.7 Å². The number of nitrogens with one attached hydrogen (secondary N) is 1. The van der Waals surface area contributed by atoms with Crippen LogP contribution in [0, 0.1) is 26.7 Å². The van der Waals surface area contributed by atoms with Gasteiger partial charge in [0.05, 0.1) is 5.92 Å². The second kappa shape index (κ2) is 8.66. The predicted molar refractivity (Wildman–Crippen MR) is 112 cm³/mol. The number of hydrogen-bond acceptors (Lipinski definition) is 4. The van der Waals surface area contributed by atoms with Crippen molar-refractivity contribution in [3.8, 4) is 0 Å². The lowest BCUT2D eigenvalue weighted by atomic mass is 10.1. The van der Waals surface area contributed by atoms with Crippen molar-refractivity contribution < 1.29 is 19.1 Å². The highest BCUT2D eigenvalue weighted by atomic mass is 35.5. The zero-order valence-electron chi connectivity index (χ0n) is 16.6. The van der Waals surface area contributed by atoms with Crippen LogP contribution in [0.5, 0.6) is 0 Å². The maximum absolute atomic E-state index is 12.4. The highest BCUT2D eigenvalue weighted by Crippen LogP contribution is 2.27. The van der Waals surface area contributed by atoms with Crippen molar-refractivity contribution in [3.63, 3.8) is 0 Å². The summed E-state index contributed by atoms with van der Waals surface area (Å²) in [5.41, 5.74) is 4.28. The number of anilines is 2. The lowest BCUT2D eigenvalue weighted by Gasteiger charge is -2.18. The zero-order valence-corrected chi connectivity index (χ0v) is 17.4. The number of rotatable bonds is 5. The Kier molecular flexibility index (Phi) is 6.23. The highest BCUT2D eigenvalue weighted by molar-refractivity contribution is 6.31. The average Bonchev–Trinajstić information content (AvgIpc) is 3.04. The number of esters is 1. The van der Waals surface area contributed by atoms with Gasteiger partial charge in [-0.15, -0.1) is 0 Å². The SMILES string of the molecule is Cc1cc(C)cc(N2C[C@H](C(=O)OCC(=O)Nc3cc(Cl)ccc3C)CC2=O)c1. The molecule has 1 heterocycles. The van der Waals surface area contributed by atoms with Crippen molar-refractivity contribution in [3.05, 3.63) is 58.1 Å². The Bertz CT molecular complexity index is 953. The molecule has 2 aromatic rings. The molecule has 0 aromatic heterocycles. The fraction of sp³-hybridized carbons (Fsp3) is 0.318. The van der Waals surface area contributed by atoms with E-state index in [0.29, 0.717) is 10.7 Å². The molecule has 0 aliphatic carbocycles. The molecule has 2 amide bonds. The number of amides is 2. The Morgan fingerprint density at radius 1 is 1.14 bits per heavy atom. The van der Waals surface area contributed by atoms with Gasteiger partial charge in [0.15, 0.2) is 6.61 Å². The minimum atomic E-state index is -0.593. The lowest BCUT2D eigenvalue weighted by Crippen LogP contribution is -2.28. The van der Waals surface area contributed by atoms with E-state index < -0.39 is 24.4 Å². The monoisotopic (exact) mass is 414 g/mol. The van der Waals surface area contributed by atoms with Gasteiger partial charge in [0.1, 0.15) is 0 Å². The molecule has 0 bridgehead atoms. The first-order chi connectivity index (χ1) is 13.7. The summed E-state index contributed by atoms with van der Waals surface area (Å²) in [6.45, 7) is 5.59. The van der Waals surface area contributed by atoms with Crippen LogP contribution in [-0.2, 0) is 19.1 Å². The highest BCUT2D eigenvalue weighted by Gasteiger charge is 2.36. The molecule has 1 N–H and O–H groups in total. The van der Waals surface area contributed by atoms with E-state index in [9.17, 15) is 14.4 Å². The maximum atomic E-state index is 12.4. The third-order valence-electron chi connectivity index (χ3n) is 4.80. The predicted octanol–water partition coefficient (Wildman–Crippen LogP) is 3.80. The van der Waals surface area contributed by atoms with Crippen LogP contribution < -0.4 is 10.2 Å². The Hall–Kier alpha value is -2.86. The summed E-state index contributed by atoms with van der Waals surface area (Å²) < 4.78 is 5.15. The van der Waals surface area contributed by atoms with E-state index in [1.54, 1.807) is 23.1 Å². The summed E-state index contributed by atoms with van der Waals surface area (Å²) in [7, 11) is 0. The Morgan fingerprint density at radius 3 is 2.52 bits per heavy atom. The molecule has 6 nitrogen and oxygen atoms in total. The number of aryl methyl sites for hydroxylation is 3. The van der Waals surface area contributed by atoms with E-state index in [4.69, 9.17) is 16.3 Å². The third kappa shape index (κ3) is 5.15. The molecular formula is C22H23ClN2O4.